The van der Waals surface area contributed by atoms with Crippen LogP contribution in [-0.2, 0) is 21.4 Å². The summed E-state index contributed by atoms with van der Waals surface area (Å²) < 4.78 is 28.9. The van der Waals surface area contributed by atoms with Gasteiger partial charge in [-0.15, -0.1) is 0 Å². The van der Waals surface area contributed by atoms with Gasteiger partial charge in [-0.3, -0.25) is 4.79 Å². The molecule has 0 unspecified atom stereocenters. The van der Waals surface area contributed by atoms with Gasteiger partial charge in [0.05, 0.1) is 18.5 Å². The van der Waals surface area contributed by atoms with Gasteiger partial charge in [-0.1, -0.05) is 47.5 Å². The Bertz CT molecular complexity index is 937. The zero-order valence-electron chi connectivity index (χ0n) is 16.6. The molecule has 29 heavy (non-hydrogen) atoms. The summed E-state index contributed by atoms with van der Waals surface area (Å²) in [5.74, 6) is 0.557. The van der Waals surface area contributed by atoms with Crippen LogP contribution < -0.4 is 5.32 Å². The van der Waals surface area contributed by atoms with E-state index in [-0.39, 0.29) is 17.6 Å². The fourth-order valence-corrected chi connectivity index (χ4v) is 5.52. The first-order valence-corrected chi connectivity index (χ1v) is 12.3. The number of nitrogens with one attached hydrogen (secondary N) is 1. The first-order valence-electron chi connectivity index (χ1n) is 9.94. The number of amides is 1. The Balaban J connectivity index is 1.57. The second-order valence-corrected chi connectivity index (χ2v) is 10.2. The fraction of sp³-hybridized carbons (Fsp3) is 0.500. The minimum atomic E-state index is -3.21. The summed E-state index contributed by atoms with van der Waals surface area (Å²) in [6.07, 6.45) is 4.26. The van der Waals surface area contributed by atoms with Crippen molar-refractivity contribution in [3.05, 3.63) is 46.6 Å². The van der Waals surface area contributed by atoms with E-state index >= 15 is 0 Å². The number of unbranched alkanes of at least 4 members (excludes halogenated alkanes) is 1. The van der Waals surface area contributed by atoms with Crippen molar-refractivity contribution in [2.24, 2.45) is 5.92 Å². The highest BCUT2D eigenvalue weighted by molar-refractivity contribution is 9.10. The van der Waals surface area contributed by atoms with Crippen LogP contribution in [0.2, 0.25) is 0 Å². The first kappa shape index (κ1) is 22.0. The summed E-state index contributed by atoms with van der Waals surface area (Å²) in [7, 11) is -3.21. The molecular weight excluding hydrogens is 456 g/mol. The Morgan fingerprint density at radius 1 is 1.24 bits per heavy atom. The zero-order valence-corrected chi connectivity index (χ0v) is 19.0. The molecule has 7 nitrogen and oxygen atoms in total. The SMILES string of the molecule is CCCCS(=O)(=O)N1CCC(C(=O)Nc2ccnn2Cc2ccccc2Br)CC1. The van der Waals surface area contributed by atoms with Crippen LogP contribution in [0.15, 0.2) is 41.0 Å². The lowest BCUT2D eigenvalue weighted by Gasteiger charge is -2.30. The van der Waals surface area contributed by atoms with Gasteiger partial charge >= 0.3 is 0 Å². The minimum Gasteiger partial charge on any atom is -0.311 e. The van der Waals surface area contributed by atoms with Crippen LogP contribution in [0.25, 0.3) is 0 Å². The number of benzene rings is 1. The van der Waals surface area contributed by atoms with E-state index in [4.69, 9.17) is 0 Å². The number of sulfonamides is 1. The molecule has 0 atom stereocenters. The Hall–Kier alpha value is -1.71. The quantitative estimate of drug-likeness (QED) is 0.623. The van der Waals surface area contributed by atoms with Gasteiger partial charge in [-0.2, -0.15) is 5.10 Å². The number of carbonyl (C=O) groups excluding carboxylic acids is 1. The number of piperidine rings is 1. The molecule has 9 heteroatoms. The summed E-state index contributed by atoms with van der Waals surface area (Å²) in [5.41, 5.74) is 1.07. The van der Waals surface area contributed by atoms with Crippen LogP contribution in [0, 0.1) is 5.92 Å². The van der Waals surface area contributed by atoms with Crippen molar-refractivity contribution in [3.63, 3.8) is 0 Å². The van der Waals surface area contributed by atoms with Crippen molar-refractivity contribution >= 4 is 37.7 Å². The molecule has 1 aliphatic rings. The van der Waals surface area contributed by atoms with Crippen molar-refractivity contribution < 1.29 is 13.2 Å². The summed E-state index contributed by atoms with van der Waals surface area (Å²) in [4.78, 5) is 12.7. The van der Waals surface area contributed by atoms with Gasteiger partial charge in [-0.25, -0.2) is 17.4 Å². The Morgan fingerprint density at radius 3 is 2.66 bits per heavy atom. The molecule has 1 N–H and O–H groups in total. The molecule has 0 saturated carbocycles. The Labute approximate surface area is 180 Å². The molecule has 1 aromatic carbocycles. The highest BCUT2D eigenvalue weighted by atomic mass is 79.9. The maximum Gasteiger partial charge on any atom is 0.228 e. The smallest absolute Gasteiger partial charge is 0.228 e. The largest absolute Gasteiger partial charge is 0.311 e. The lowest BCUT2D eigenvalue weighted by Crippen LogP contribution is -2.42. The van der Waals surface area contributed by atoms with Crippen molar-refractivity contribution in [1.29, 1.82) is 0 Å². The highest BCUT2D eigenvalue weighted by Crippen LogP contribution is 2.23. The predicted octanol–water partition coefficient (Wildman–Crippen LogP) is 3.47. The fourth-order valence-electron chi connectivity index (χ4n) is 3.43. The number of nitrogens with zero attached hydrogens (tertiary/aromatic N) is 3. The Morgan fingerprint density at radius 2 is 1.97 bits per heavy atom. The number of rotatable bonds is 8. The average Bonchev–Trinajstić information content (AvgIpc) is 3.15. The van der Waals surface area contributed by atoms with E-state index in [0.717, 1.165) is 16.5 Å². The first-order chi connectivity index (χ1) is 13.9. The molecule has 0 aliphatic carbocycles. The average molecular weight is 483 g/mol. The maximum atomic E-state index is 12.7. The van der Waals surface area contributed by atoms with E-state index in [0.29, 0.717) is 44.7 Å². The van der Waals surface area contributed by atoms with E-state index in [9.17, 15) is 13.2 Å². The second kappa shape index (κ2) is 9.86. The molecule has 2 aromatic rings. The van der Waals surface area contributed by atoms with Crippen LogP contribution in [-0.4, -0.2) is 47.3 Å². The van der Waals surface area contributed by atoms with E-state index in [1.54, 1.807) is 16.9 Å². The van der Waals surface area contributed by atoms with Gasteiger partial charge in [0.25, 0.3) is 0 Å². The molecule has 1 fully saturated rings. The van der Waals surface area contributed by atoms with Gasteiger partial charge < -0.3 is 5.32 Å². The molecule has 0 spiro atoms. The molecule has 1 aromatic heterocycles. The summed E-state index contributed by atoms with van der Waals surface area (Å²) >= 11 is 3.53. The normalized spacial score (nSPS) is 16.1. The number of halogens is 1. The number of aromatic nitrogens is 2. The molecule has 0 radical (unpaired) electrons. The van der Waals surface area contributed by atoms with Crippen LogP contribution in [0.1, 0.15) is 38.2 Å². The second-order valence-electron chi connectivity index (χ2n) is 7.30. The van der Waals surface area contributed by atoms with Crippen LogP contribution in [0.5, 0.6) is 0 Å². The third-order valence-corrected chi connectivity index (χ3v) is 7.95. The summed E-state index contributed by atoms with van der Waals surface area (Å²) in [6.45, 7) is 3.33. The highest BCUT2D eigenvalue weighted by Gasteiger charge is 2.31. The number of hydrogen-bond donors (Lipinski definition) is 1. The van der Waals surface area contributed by atoms with Crippen molar-refractivity contribution in [3.8, 4) is 0 Å². The molecule has 3 rings (SSSR count). The molecule has 1 aliphatic heterocycles. The monoisotopic (exact) mass is 482 g/mol. The van der Waals surface area contributed by atoms with Gasteiger partial charge in [0.2, 0.25) is 15.9 Å². The lowest BCUT2D eigenvalue weighted by molar-refractivity contribution is -0.121. The van der Waals surface area contributed by atoms with Crippen LogP contribution >= 0.6 is 15.9 Å². The third kappa shape index (κ3) is 5.67. The van der Waals surface area contributed by atoms with Crippen LogP contribution in [0.3, 0.4) is 0 Å². The Kier molecular flexibility index (Phi) is 7.48. The maximum absolute atomic E-state index is 12.7. The lowest BCUT2D eigenvalue weighted by atomic mass is 9.97. The van der Waals surface area contributed by atoms with Crippen molar-refractivity contribution in [2.75, 3.05) is 24.2 Å². The van der Waals surface area contributed by atoms with Gasteiger partial charge in [0.15, 0.2) is 0 Å². The summed E-state index contributed by atoms with van der Waals surface area (Å²) in [5, 5.41) is 7.28. The van der Waals surface area contributed by atoms with E-state index in [2.05, 4.69) is 26.3 Å². The molecule has 2 heterocycles. The summed E-state index contributed by atoms with van der Waals surface area (Å²) in [6, 6.07) is 9.67. The number of hydrogen-bond acceptors (Lipinski definition) is 4. The van der Waals surface area contributed by atoms with Crippen molar-refractivity contribution in [2.45, 2.75) is 39.2 Å². The van der Waals surface area contributed by atoms with Gasteiger partial charge in [0, 0.05) is 29.5 Å². The minimum absolute atomic E-state index is 0.0792. The topological polar surface area (TPSA) is 84.3 Å². The molecular formula is C20H27BrN4O3S. The molecule has 158 valence electrons. The number of anilines is 1. The molecule has 1 amide bonds. The molecule has 0 bridgehead atoms. The predicted molar refractivity (Wildman–Crippen MR) is 117 cm³/mol. The van der Waals surface area contributed by atoms with Crippen molar-refractivity contribution in [1.82, 2.24) is 14.1 Å². The van der Waals surface area contributed by atoms with E-state index in [1.165, 1.54) is 4.31 Å². The van der Waals surface area contributed by atoms with Gasteiger partial charge in [-0.05, 0) is 30.9 Å². The zero-order chi connectivity index (χ0) is 20.9. The number of carbonyl (C=O) groups is 1. The van der Waals surface area contributed by atoms with Gasteiger partial charge in [0.1, 0.15) is 5.82 Å². The van der Waals surface area contributed by atoms with E-state index in [1.807, 2.05) is 31.2 Å². The molecule has 1 saturated heterocycles. The standard InChI is InChI=1S/C20H27BrN4O3S/c1-2-3-14-29(27,28)24-12-9-16(10-13-24)20(26)23-19-8-11-22-25(19)15-17-6-4-5-7-18(17)21/h4-8,11,16H,2-3,9-10,12-15H2,1H3,(H,23,26). The van der Waals surface area contributed by atoms with E-state index < -0.39 is 10.0 Å². The third-order valence-electron chi connectivity index (χ3n) is 5.22. The van der Waals surface area contributed by atoms with Crippen LogP contribution in [0.4, 0.5) is 5.82 Å².